The van der Waals surface area contributed by atoms with E-state index >= 15 is 0 Å². The van der Waals surface area contributed by atoms with Crippen LogP contribution in [0.5, 0.6) is 0 Å². The molecule has 2 aromatic heterocycles. The summed E-state index contributed by atoms with van der Waals surface area (Å²) in [6.45, 7) is 2.04. The molecular weight excluding hydrogens is 433 g/mol. The molecule has 0 amide bonds. The van der Waals surface area contributed by atoms with Crippen molar-refractivity contribution in [2.45, 2.75) is 13.1 Å². The third-order valence-corrected chi connectivity index (χ3v) is 4.52. The number of H-pyrrole nitrogens is 1. The van der Waals surface area contributed by atoms with Crippen molar-refractivity contribution < 1.29 is 23.1 Å². The molecule has 10 heteroatoms. The zero-order chi connectivity index (χ0) is 22.8. The van der Waals surface area contributed by atoms with Crippen LogP contribution in [0.15, 0.2) is 54.7 Å². The number of aromatic nitrogens is 3. The SMILES string of the molecule is Cc1cccc2[nH]c(-c3cc(-c4cccc(Cl)c4)cnc3N)nc12.O=C(O)C(F)(F)F. The number of imidazole rings is 1. The third kappa shape index (κ3) is 5.13. The van der Waals surface area contributed by atoms with Crippen molar-refractivity contribution >= 4 is 34.4 Å². The number of alkyl halides is 3. The molecule has 0 aliphatic rings. The molecule has 0 unspecified atom stereocenters. The highest BCUT2D eigenvalue weighted by atomic mass is 35.5. The Morgan fingerprint density at radius 3 is 2.42 bits per heavy atom. The number of carboxylic acids is 1. The molecule has 6 nitrogen and oxygen atoms in total. The number of aryl methyl sites for hydroxylation is 1. The number of aromatic amines is 1. The first-order valence-corrected chi connectivity index (χ1v) is 9.21. The van der Waals surface area contributed by atoms with Crippen molar-refractivity contribution in [3.8, 4) is 22.5 Å². The van der Waals surface area contributed by atoms with Crippen LogP contribution in [0.3, 0.4) is 0 Å². The summed E-state index contributed by atoms with van der Waals surface area (Å²) in [4.78, 5) is 21.2. The maximum Gasteiger partial charge on any atom is 0.490 e. The fraction of sp³-hybridized carbons (Fsp3) is 0.0952. The van der Waals surface area contributed by atoms with Crippen molar-refractivity contribution in [1.29, 1.82) is 0 Å². The van der Waals surface area contributed by atoms with Gasteiger partial charge in [0, 0.05) is 16.8 Å². The average Bonchev–Trinajstić information content (AvgIpc) is 3.13. The normalized spacial score (nSPS) is 11.1. The fourth-order valence-electron chi connectivity index (χ4n) is 2.79. The van der Waals surface area contributed by atoms with Gasteiger partial charge >= 0.3 is 12.1 Å². The standard InChI is InChI=1S/C19H15ClN4.C2HF3O2/c1-11-4-2-7-16-17(11)24-19(23-16)15-9-13(10-22-18(15)21)12-5-3-6-14(20)8-12;3-2(4,5)1(6)7/h2-10H,1H3,(H2,21,22)(H,23,24);(H,6,7). The van der Waals surface area contributed by atoms with Crippen molar-refractivity contribution in [1.82, 2.24) is 15.0 Å². The number of nitrogens with zero attached hydrogens (tertiary/aromatic N) is 2. The number of hydrogen-bond acceptors (Lipinski definition) is 4. The number of aliphatic carboxylic acids is 1. The maximum absolute atomic E-state index is 10.6. The van der Waals surface area contributed by atoms with Crippen LogP contribution in [-0.4, -0.2) is 32.2 Å². The molecule has 160 valence electrons. The van der Waals surface area contributed by atoms with Crippen molar-refractivity contribution in [3.63, 3.8) is 0 Å². The number of anilines is 1. The van der Waals surface area contributed by atoms with Crippen molar-refractivity contribution in [2.75, 3.05) is 5.73 Å². The smallest absolute Gasteiger partial charge is 0.475 e. The number of benzene rings is 2. The van der Waals surface area contributed by atoms with E-state index in [4.69, 9.17) is 32.2 Å². The Labute approximate surface area is 179 Å². The van der Waals surface area contributed by atoms with Gasteiger partial charge in [0.1, 0.15) is 11.6 Å². The number of para-hydroxylation sites is 1. The molecular formula is C21H16ClF3N4O2. The van der Waals surface area contributed by atoms with E-state index in [1.165, 1.54) is 0 Å². The van der Waals surface area contributed by atoms with Crippen LogP contribution < -0.4 is 5.73 Å². The van der Waals surface area contributed by atoms with E-state index in [0.717, 1.165) is 33.3 Å². The van der Waals surface area contributed by atoms with Gasteiger partial charge in [0.25, 0.3) is 0 Å². The second-order valence-corrected chi connectivity index (χ2v) is 6.96. The Bertz CT molecular complexity index is 1260. The molecule has 0 saturated carbocycles. The molecule has 2 heterocycles. The van der Waals surface area contributed by atoms with E-state index < -0.39 is 12.1 Å². The summed E-state index contributed by atoms with van der Waals surface area (Å²) in [7, 11) is 0. The van der Waals surface area contributed by atoms with Crippen LogP contribution in [0.25, 0.3) is 33.5 Å². The molecule has 4 rings (SSSR count). The Balaban J connectivity index is 0.000000339. The van der Waals surface area contributed by atoms with E-state index in [0.29, 0.717) is 16.7 Å². The van der Waals surface area contributed by atoms with E-state index in [-0.39, 0.29) is 0 Å². The first-order valence-electron chi connectivity index (χ1n) is 8.83. The highest BCUT2D eigenvalue weighted by molar-refractivity contribution is 6.30. The van der Waals surface area contributed by atoms with Gasteiger partial charge in [-0.15, -0.1) is 0 Å². The molecule has 0 bridgehead atoms. The lowest BCUT2D eigenvalue weighted by molar-refractivity contribution is -0.192. The Morgan fingerprint density at radius 2 is 1.81 bits per heavy atom. The number of pyridine rings is 1. The number of rotatable bonds is 2. The van der Waals surface area contributed by atoms with Crippen LogP contribution >= 0.6 is 11.6 Å². The Kier molecular flexibility index (Phi) is 6.16. The lowest BCUT2D eigenvalue weighted by atomic mass is 10.1. The Morgan fingerprint density at radius 1 is 1.13 bits per heavy atom. The molecule has 0 aliphatic carbocycles. The monoisotopic (exact) mass is 448 g/mol. The highest BCUT2D eigenvalue weighted by Gasteiger charge is 2.38. The van der Waals surface area contributed by atoms with Gasteiger partial charge < -0.3 is 15.8 Å². The number of nitrogens with one attached hydrogen (secondary N) is 1. The summed E-state index contributed by atoms with van der Waals surface area (Å²) in [6.07, 6.45) is -3.33. The average molecular weight is 449 g/mol. The molecule has 0 atom stereocenters. The van der Waals surface area contributed by atoms with Gasteiger partial charge in [0.05, 0.1) is 16.6 Å². The van der Waals surface area contributed by atoms with Gasteiger partial charge in [-0.1, -0.05) is 35.9 Å². The van der Waals surface area contributed by atoms with E-state index in [1.54, 1.807) is 6.20 Å². The number of hydrogen-bond donors (Lipinski definition) is 3. The third-order valence-electron chi connectivity index (χ3n) is 4.29. The van der Waals surface area contributed by atoms with Crippen molar-refractivity contribution in [2.24, 2.45) is 0 Å². The first-order chi connectivity index (χ1) is 14.6. The van der Waals surface area contributed by atoms with E-state index in [9.17, 15) is 13.2 Å². The van der Waals surface area contributed by atoms with Crippen LogP contribution in [0.4, 0.5) is 19.0 Å². The van der Waals surface area contributed by atoms with Crippen LogP contribution in [-0.2, 0) is 4.79 Å². The lowest BCUT2D eigenvalue weighted by Gasteiger charge is -2.06. The largest absolute Gasteiger partial charge is 0.490 e. The Hall–Kier alpha value is -3.59. The minimum atomic E-state index is -5.08. The van der Waals surface area contributed by atoms with E-state index in [1.807, 2.05) is 55.5 Å². The summed E-state index contributed by atoms with van der Waals surface area (Å²) < 4.78 is 31.7. The maximum atomic E-state index is 10.6. The van der Waals surface area contributed by atoms with Gasteiger partial charge in [0.2, 0.25) is 0 Å². The summed E-state index contributed by atoms with van der Waals surface area (Å²) in [5.74, 6) is -1.60. The van der Waals surface area contributed by atoms with Crippen LogP contribution in [0.1, 0.15) is 5.56 Å². The minimum absolute atomic E-state index is 0.442. The number of nitrogens with two attached hydrogens (primary N) is 1. The summed E-state index contributed by atoms with van der Waals surface area (Å²) in [5.41, 5.74) is 11.9. The van der Waals surface area contributed by atoms with Gasteiger partial charge in [-0.05, 0) is 42.3 Å². The number of nitrogen functional groups attached to an aromatic ring is 1. The fourth-order valence-corrected chi connectivity index (χ4v) is 2.98. The second kappa shape index (κ2) is 8.65. The van der Waals surface area contributed by atoms with Gasteiger partial charge in [-0.3, -0.25) is 0 Å². The molecule has 0 radical (unpaired) electrons. The lowest BCUT2D eigenvalue weighted by Crippen LogP contribution is -2.21. The highest BCUT2D eigenvalue weighted by Crippen LogP contribution is 2.30. The first kappa shape index (κ1) is 22.1. The predicted octanol–water partition coefficient (Wildman–Crippen LogP) is 5.47. The predicted molar refractivity (Wildman–Crippen MR) is 113 cm³/mol. The molecule has 0 spiro atoms. The van der Waals surface area contributed by atoms with Gasteiger partial charge in [0.15, 0.2) is 0 Å². The van der Waals surface area contributed by atoms with Crippen molar-refractivity contribution in [3.05, 3.63) is 65.3 Å². The molecule has 4 N–H and O–H groups in total. The van der Waals surface area contributed by atoms with Crippen LogP contribution in [0.2, 0.25) is 5.02 Å². The van der Waals surface area contributed by atoms with Gasteiger partial charge in [-0.2, -0.15) is 13.2 Å². The number of carbonyl (C=O) groups is 1. The van der Waals surface area contributed by atoms with Crippen LogP contribution in [0, 0.1) is 6.92 Å². The quantitative estimate of drug-likeness (QED) is 0.377. The molecule has 31 heavy (non-hydrogen) atoms. The number of carboxylic acid groups (broad SMARTS) is 1. The topological polar surface area (TPSA) is 105 Å². The zero-order valence-corrected chi connectivity index (χ0v) is 16.8. The molecule has 0 aliphatic heterocycles. The zero-order valence-electron chi connectivity index (χ0n) is 16.0. The van der Waals surface area contributed by atoms with Gasteiger partial charge in [-0.25, -0.2) is 14.8 Å². The summed E-state index contributed by atoms with van der Waals surface area (Å²) >= 11 is 6.09. The molecule has 2 aromatic carbocycles. The molecule has 0 fully saturated rings. The number of fused-ring (bicyclic) bond motifs is 1. The van der Waals surface area contributed by atoms with E-state index in [2.05, 4.69) is 9.97 Å². The summed E-state index contributed by atoms with van der Waals surface area (Å²) in [5, 5.41) is 7.81. The second-order valence-electron chi connectivity index (χ2n) is 6.53. The molecule has 4 aromatic rings. The minimum Gasteiger partial charge on any atom is -0.475 e. The molecule has 0 saturated heterocycles. The number of halogens is 4. The summed E-state index contributed by atoms with van der Waals surface area (Å²) in [6, 6.07) is 15.7.